The Morgan fingerprint density at radius 3 is 2.62 bits per heavy atom. The van der Waals surface area contributed by atoms with Crippen molar-refractivity contribution in [3.63, 3.8) is 0 Å². The smallest absolute Gasteiger partial charge is 0.243 e. The Morgan fingerprint density at radius 2 is 1.88 bits per heavy atom. The maximum absolute atomic E-state index is 11.7. The summed E-state index contributed by atoms with van der Waals surface area (Å²) in [5, 5.41) is 13.5. The van der Waals surface area contributed by atoms with Crippen molar-refractivity contribution in [1.29, 1.82) is 0 Å². The summed E-state index contributed by atoms with van der Waals surface area (Å²) in [6.45, 7) is 0. The molecule has 0 radical (unpaired) electrons. The third-order valence-electron chi connectivity index (χ3n) is 3.75. The number of carbonyl (C=O) groups is 2. The molecule has 24 heavy (non-hydrogen) atoms. The van der Waals surface area contributed by atoms with Crippen molar-refractivity contribution >= 4 is 28.9 Å². The maximum Gasteiger partial charge on any atom is 0.243 e. The number of nitrogens with one attached hydrogen (secondary N) is 2. The average molecular weight is 330 g/mol. The fourth-order valence-electron chi connectivity index (χ4n) is 2.51. The van der Waals surface area contributed by atoms with E-state index in [1.807, 2.05) is 42.1 Å². The number of nitrogens with zero attached hydrogens (tertiary/aromatic N) is 2. The lowest BCUT2D eigenvalue weighted by molar-refractivity contribution is -0.129. The molecule has 0 aliphatic heterocycles. The Kier molecular flexibility index (Phi) is 6.51. The molecule has 2 amide bonds. The molecule has 7 nitrogen and oxygen atoms in total. The van der Waals surface area contributed by atoms with Crippen LogP contribution < -0.4 is 10.9 Å². The highest BCUT2D eigenvalue weighted by Crippen LogP contribution is 2.18. The molecular formula is C17H22N4O3. The Labute approximate surface area is 140 Å². The molecule has 1 heterocycles. The molecule has 0 atom stereocenters. The van der Waals surface area contributed by atoms with Crippen LogP contribution in [0.2, 0.25) is 0 Å². The van der Waals surface area contributed by atoms with Crippen molar-refractivity contribution in [3.05, 3.63) is 36.0 Å². The molecule has 0 unspecified atom stereocenters. The van der Waals surface area contributed by atoms with E-state index in [0.717, 1.165) is 22.9 Å². The average Bonchev–Trinajstić information content (AvgIpc) is 2.91. The molecule has 2 rings (SSSR count). The number of hydroxylamine groups is 1. The van der Waals surface area contributed by atoms with Crippen LogP contribution in [0.4, 0.5) is 0 Å². The van der Waals surface area contributed by atoms with E-state index >= 15 is 0 Å². The zero-order valence-electron chi connectivity index (χ0n) is 13.7. The number of unbranched alkanes of at least 4 members (excludes halogenated alkanes) is 2. The number of benzene rings is 1. The largest absolute Gasteiger partial charge is 0.350 e. The van der Waals surface area contributed by atoms with Crippen LogP contribution in [0.25, 0.3) is 10.9 Å². The quantitative estimate of drug-likeness (QED) is 0.299. The summed E-state index contributed by atoms with van der Waals surface area (Å²) in [6.07, 6.45) is 6.28. The van der Waals surface area contributed by atoms with Gasteiger partial charge in [-0.2, -0.15) is 5.10 Å². The van der Waals surface area contributed by atoms with Gasteiger partial charge in [-0.3, -0.25) is 14.8 Å². The molecule has 128 valence electrons. The lowest BCUT2D eigenvalue weighted by Gasteiger charge is -2.00. The molecule has 1 aromatic carbocycles. The Morgan fingerprint density at radius 1 is 1.17 bits per heavy atom. The van der Waals surface area contributed by atoms with Crippen LogP contribution in [0.1, 0.15) is 37.7 Å². The van der Waals surface area contributed by atoms with Gasteiger partial charge in [-0.05, 0) is 18.9 Å². The lowest BCUT2D eigenvalue weighted by Crippen LogP contribution is -2.18. The number of aromatic nitrogens is 1. The van der Waals surface area contributed by atoms with Gasteiger partial charge in [-0.15, -0.1) is 0 Å². The summed E-state index contributed by atoms with van der Waals surface area (Å²) in [5.74, 6) is -0.558. The van der Waals surface area contributed by atoms with Crippen molar-refractivity contribution in [3.8, 4) is 0 Å². The third-order valence-corrected chi connectivity index (χ3v) is 3.75. The van der Waals surface area contributed by atoms with Crippen molar-refractivity contribution in [2.24, 2.45) is 12.1 Å². The highest BCUT2D eigenvalue weighted by molar-refractivity contribution is 5.99. The molecule has 7 heteroatoms. The number of amides is 2. The van der Waals surface area contributed by atoms with E-state index in [0.29, 0.717) is 19.3 Å². The van der Waals surface area contributed by atoms with Gasteiger partial charge in [0.1, 0.15) is 0 Å². The normalized spacial score (nSPS) is 11.1. The molecule has 3 N–H and O–H groups in total. The second kappa shape index (κ2) is 8.83. The molecule has 0 bridgehead atoms. The van der Waals surface area contributed by atoms with Crippen LogP contribution in [0.15, 0.2) is 35.6 Å². The highest BCUT2D eigenvalue weighted by Gasteiger charge is 2.04. The second-order valence-corrected chi connectivity index (χ2v) is 5.60. The SMILES string of the molecule is Cn1cc(/C=N/NC(=O)CCCCCC(=O)NO)c2ccccc21. The Bertz CT molecular complexity index is 737. The van der Waals surface area contributed by atoms with E-state index < -0.39 is 5.91 Å². The fourth-order valence-corrected chi connectivity index (χ4v) is 2.51. The number of carbonyl (C=O) groups excluding carboxylic acids is 2. The summed E-state index contributed by atoms with van der Waals surface area (Å²) in [5.41, 5.74) is 6.16. The minimum atomic E-state index is -0.404. The molecule has 0 aliphatic rings. The summed E-state index contributed by atoms with van der Waals surface area (Å²) in [4.78, 5) is 22.5. The topological polar surface area (TPSA) is 95.7 Å². The van der Waals surface area contributed by atoms with E-state index in [2.05, 4.69) is 10.5 Å². The van der Waals surface area contributed by atoms with Crippen molar-refractivity contribution in [2.45, 2.75) is 32.1 Å². The van der Waals surface area contributed by atoms with Gasteiger partial charge < -0.3 is 4.57 Å². The Hall–Kier alpha value is -2.67. The minimum absolute atomic E-state index is 0.155. The van der Waals surface area contributed by atoms with Gasteiger partial charge in [0.05, 0.1) is 6.21 Å². The number of rotatable bonds is 8. The van der Waals surface area contributed by atoms with E-state index in [1.54, 1.807) is 11.7 Å². The standard InChI is InChI=1S/C17H22N4O3/c1-21-12-13(14-7-5-6-8-15(14)21)11-18-19-16(22)9-3-2-4-10-17(23)20-24/h5-8,11-12,24H,2-4,9-10H2,1H3,(H,19,22)(H,20,23)/b18-11+. The molecule has 0 aliphatic carbocycles. The number of para-hydroxylation sites is 1. The number of hydrogen-bond acceptors (Lipinski definition) is 4. The van der Waals surface area contributed by atoms with Crippen LogP contribution in [-0.2, 0) is 16.6 Å². The van der Waals surface area contributed by atoms with Gasteiger partial charge in [0, 0.05) is 42.6 Å². The maximum atomic E-state index is 11.7. The molecular weight excluding hydrogens is 308 g/mol. The van der Waals surface area contributed by atoms with Crippen molar-refractivity contribution < 1.29 is 14.8 Å². The van der Waals surface area contributed by atoms with Gasteiger partial charge in [0.25, 0.3) is 0 Å². The van der Waals surface area contributed by atoms with Gasteiger partial charge in [0.2, 0.25) is 11.8 Å². The summed E-state index contributed by atoms with van der Waals surface area (Å²) < 4.78 is 2.01. The lowest BCUT2D eigenvalue weighted by atomic mass is 10.1. The molecule has 0 spiro atoms. The number of aryl methyl sites for hydroxylation is 1. The zero-order chi connectivity index (χ0) is 17.4. The van der Waals surface area contributed by atoms with Crippen LogP contribution in [0.3, 0.4) is 0 Å². The van der Waals surface area contributed by atoms with Gasteiger partial charge in [-0.1, -0.05) is 24.6 Å². The summed E-state index contributed by atoms with van der Waals surface area (Å²) in [6, 6.07) is 7.99. The first-order valence-corrected chi connectivity index (χ1v) is 7.90. The van der Waals surface area contributed by atoms with Crippen molar-refractivity contribution in [2.75, 3.05) is 0 Å². The van der Waals surface area contributed by atoms with E-state index in [4.69, 9.17) is 5.21 Å². The first-order valence-electron chi connectivity index (χ1n) is 7.90. The molecule has 2 aromatic rings. The fraction of sp³-hybridized carbons (Fsp3) is 0.353. The van der Waals surface area contributed by atoms with Crippen LogP contribution >= 0.6 is 0 Å². The van der Waals surface area contributed by atoms with Crippen LogP contribution in [0.5, 0.6) is 0 Å². The number of hydrazone groups is 1. The van der Waals surface area contributed by atoms with E-state index in [9.17, 15) is 9.59 Å². The number of hydrogen-bond donors (Lipinski definition) is 3. The Balaban J connectivity index is 1.75. The summed E-state index contributed by atoms with van der Waals surface area (Å²) in [7, 11) is 1.97. The number of fused-ring (bicyclic) bond motifs is 1. The van der Waals surface area contributed by atoms with Crippen molar-refractivity contribution in [1.82, 2.24) is 15.5 Å². The highest BCUT2D eigenvalue weighted by atomic mass is 16.5. The van der Waals surface area contributed by atoms with Crippen LogP contribution in [0, 0.1) is 0 Å². The van der Waals surface area contributed by atoms with Crippen LogP contribution in [-0.4, -0.2) is 27.8 Å². The second-order valence-electron chi connectivity index (χ2n) is 5.60. The van der Waals surface area contributed by atoms with E-state index in [-0.39, 0.29) is 12.3 Å². The zero-order valence-corrected chi connectivity index (χ0v) is 13.7. The van der Waals surface area contributed by atoms with Gasteiger partial charge in [-0.25, -0.2) is 10.9 Å². The monoisotopic (exact) mass is 330 g/mol. The molecule has 0 saturated carbocycles. The first-order chi connectivity index (χ1) is 11.6. The third kappa shape index (κ3) is 4.92. The predicted octanol–water partition coefficient (Wildman–Crippen LogP) is 2.08. The van der Waals surface area contributed by atoms with Gasteiger partial charge in [0.15, 0.2) is 0 Å². The summed E-state index contributed by atoms with van der Waals surface area (Å²) >= 11 is 0. The molecule has 0 saturated heterocycles. The molecule has 0 fully saturated rings. The first kappa shape index (κ1) is 17.7. The van der Waals surface area contributed by atoms with E-state index in [1.165, 1.54) is 0 Å². The molecule has 1 aromatic heterocycles. The van der Waals surface area contributed by atoms with Gasteiger partial charge >= 0.3 is 0 Å². The predicted molar refractivity (Wildman–Crippen MR) is 91.7 cm³/mol. The minimum Gasteiger partial charge on any atom is -0.350 e.